The van der Waals surface area contributed by atoms with Crippen LogP contribution in [0.3, 0.4) is 0 Å². The van der Waals surface area contributed by atoms with Crippen LogP contribution in [0.25, 0.3) is 0 Å². The van der Waals surface area contributed by atoms with E-state index in [9.17, 15) is 9.59 Å². The molecule has 2 unspecified atom stereocenters. The number of alkyl carbamates (subject to hydrolysis) is 1. The molecule has 1 saturated heterocycles. The van der Waals surface area contributed by atoms with Crippen molar-refractivity contribution in [2.45, 2.75) is 65.1 Å². The van der Waals surface area contributed by atoms with Gasteiger partial charge in [0.05, 0.1) is 6.17 Å². The van der Waals surface area contributed by atoms with Crippen molar-refractivity contribution in [3.63, 3.8) is 0 Å². The van der Waals surface area contributed by atoms with Gasteiger partial charge in [0, 0.05) is 13.3 Å². The van der Waals surface area contributed by atoms with Crippen LogP contribution in [0.5, 0.6) is 0 Å². The Morgan fingerprint density at radius 2 is 1.83 bits per heavy atom. The average molecular weight is 332 g/mol. The Kier molecular flexibility index (Phi) is 9.24. The van der Waals surface area contributed by atoms with E-state index in [4.69, 9.17) is 19.7 Å². The van der Waals surface area contributed by atoms with Gasteiger partial charge in [-0.05, 0) is 52.5 Å². The quantitative estimate of drug-likeness (QED) is 0.618. The minimum Gasteiger partial charge on any atom is -0.481 e. The third kappa shape index (κ3) is 13.5. The van der Waals surface area contributed by atoms with Crippen molar-refractivity contribution >= 4 is 18.0 Å². The smallest absolute Gasteiger partial charge is 0.408 e. The van der Waals surface area contributed by atoms with Crippen LogP contribution in [0, 0.1) is 5.92 Å². The Labute approximate surface area is 136 Å². The molecular weight excluding hydrogens is 304 g/mol. The molecule has 0 radical (unpaired) electrons. The van der Waals surface area contributed by atoms with Crippen molar-refractivity contribution in [3.8, 4) is 0 Å². The molecule has 0 aromatic heterocycles. The van der Waals surface area contributed by atoms with Gasteiger partial charge in [0.15, 0.2) is 0 Å². The molecule has 1 fully saturated rings. The van der Waals surface area contributed by atoms with Gasteiger partial charge in [-0.15, -0.1) is 0 Å². The number of nitrogens with one attached hydrogen (secondary N) is 2. The zero-order valence-electron chi connectivity index (χ0n) is 14.2. The number of amides is 1. The zero-order chi connectivity index (χ0) is 18.0. The molecule has 0 aromatic rings. The van der Waals surface area contributed by atoms with Crippen LogP contribution in [0.15, 0.2) is 0 Å². The van der Waals surface area contributed by atoms with Gasteiger partial charge < -0.3 is 20.3 Å². The van der Waals surface area contributed by atoms with Gasteiger partial charge in [-0.2, -0.15) is 0 Å². The molecule has 0 spiro atoms. The Balaban J connectivity index is 0.00000108. The van der Waals surface area contributed by atoms with E-state index in [1.165, 1.54) is 0 Å². The topological polar surface area (TPSA) is 125 Å². The summed E-state index contributed by atoms with van der Waals surface area (Å²) in [7, 11) is 0. The molecule has 4 N–H and O–H groups in total. The van der Waals surface area contributed by atoms with E-state index in [2.05, 4.69) is 10.6 Å². The average Bonchev–Trinajstić information content (AvgIpc) is 2.33. The van der Waals surface area contributed by atoms with Crippen LogP contribution in [0.1, 0.15) is 53.4 Å². The number of hydrogen-bond donors (Lipinski definition) is 4. The first kappa shape index (κ1) is 21.2. The van der Waals surface area contributed by atoms with Crippen LogP contribution in [-0.2, 0) is 14.3 Å². The molecule has 0 aromatic carbocycles. The molecule has 2 atom stereocenters. The molecule has 0 aliphatic carbocycles. The number of rotatable bonds is 4. The molecule has 1 aliphatic rings. The number of ether oxygens (including phenoxy) is 1. The summed E-state index contributed by atoms with van der Waals surface area (Å²) in [6.45, 7) is 7.31. The summed E-state index contributed by atoms with van der Waals surface area (Å²) >= 11 is 0. The van der Waals surface area contributed by atoms with E-state index in [1.807, 2.05) is 20.8 Å². The Morgan fingerprint density at radius 3 is 2.30 bits per heavy atom. The van der Waals surface area contributed by atoms with E-state index in [0.717, 1.165) is 26.3 Å². The highest BCUT2D eigenvalue weighted by Gasteiger charge is 2.25. The number of carbonyl (C=O) groups excluding carboxylic acids is 1. The van der Waals surface area contributed by atoms with Gasteiger partial charge in [-0.1, -0.05) is 0 Å². The first-order valence-electron chi connectivity index (χ1n) is 7.64. The fourth-order valence-electron chi connectivity index (χ4n) is 2.15. The molecule has 0 bridgehead atoms. The van der Waals surface area contributed by atoms with Crippen molar-refractivity contribution in [2.24, 2.45) is 5.92 Å². The summed E-state index contributed by atoms with van der Waals surface area (Å²) in [5.41, 5.74) is -0.512. The van der Waals surface area contributed by atoms with Crippen molar-refractivity contribution in [3.05, 3.63) is 0 Å². The Morgan fingerprint density at radius 1 is 1.26 bits per heavy atom. The minimum absolute atomic E-state index is 0.137. The lowest BCUT2D eigenvalue weighted by molar-refractivity contribution is -0.137. The first-order chi connectivity index (χ1) is 10.5. The maximum Gasteiger partial charge on any atom is 0.408 e. The summed E-state index contributed by atoms with van der Waals surface area (Å²) in [5.74, 6) is -1.27. The summed E-state index contributed by atoms with van der Waals surface area (Å²) in [4.78, 5) is 31.2. The highest BCUT2D eigenvalue weighted by Crippen LogP contribution is 2.20. The monoisotopic (exact) mass is 332 g/mol. The summed E-state index contributed by atoms with van der Waals surface area (Å²) in [6, 6.07) is 0. The van der Waals surface area contributed by atoms with Crippen LogP contribution >= 0.6 is 0 Å². The van der Waals surface area contributed by atoms with E-state index >= 15 is 0 Å². The molecular formula is C15H28N2O6. The number of aliphatic carboxylic acids is 2. The summed E-state index contributed by atoms with van der Waals surface area (Å²) in [6.07, 6.45) is 1.95. The lowest BCUT2D eigenvalue weighted by Crippen LogP contribution is -2.51. The highest BCUT2D eigenvalue weighted by atomic mass is 16.6. The number of carboxylic acids is 2. The van der Waals surface area contributed by atoms with Crippen LogP contribution in [0.2, 0.25) is 0 Å². The third-order valence-electron chi connectivity index (χ3n) is 2.97. The fourth-order valence-corrected chi connectivity index (χ4v) is 2.15. The fraction of sp³-hybridized carbons (Fsp3) is 0.800. The lowest BCUT2D eigenvalue weighted by atomic mass is 9.91. The maximum atomic E-state index is 11.6. The van der Waals surface area contributed by atoms with Gasteiger partial charge in [0.1, 0.15) is 5.60 Å². The molecule has 8 nitrogen and oxygen atoms in total. The molecule has 23 heavy (non-hydrogen) atoms. The lowest BCUT2D eigenvalue weighted by Gasteiger charge is -2.31. The maximum absolute atomic E-state index is 11.6. The summed E-state index contributed by atoms with van der Waals surface area (Å²) < 4.78 is 5.19. The summed E-state index contributed by atoms with van der Waals surface area (Å²) in [5, 5.41) is 22.1. The largest absolute Gasteiger partial charge is 0.481 e. The highest BCUT2D eigenvalue weighted by molar-refractivity contribution is 5.68. The zero-order valence-corrected chi connectivity index (χ0v) is 14.2. The molecule has 1 aliphatic heterocycles. The molecule has 8 heteroatoms. The second kappa shape index (κ2) is 10.0. The normalized spacial score (nSPS) is 20.7. The van der Waals surface area contributed by atoms with Crippen molar-refractivity contribution in [1.29, 1.82) is 0 Å². The molecule has 0 saturated carbocycles. The Hall–Kier alpha value is -1.83. The van der Waals surface area contributed by atoms with Gasteiger partial charge in [-0.25, -0.2) is 4.79 Å². The second-order valence-electron chi connectivity index (χ2n) is 6.49. The van der Waals surface area contributed by atoms with E-state index < -0.39 is 23.6 Å². The molecule has 1 rings (SSSR count). The third-order valence-corrected chi connectivity index (χ3v) is 2.97. The first-order valence-corrected chi connectivity index (χ1v) is 7.64. The van der Waals surface area contributed by atoms with Gasteiger partial charge in [0.25, 0.3) is 5.97 Å². The second-order valence-corrected chi connectivity index (χ2v) is 6.49. The van der Waals surface area contributed by atoms with Crippen molar-refractivity contribution in [2.75, 3.05) is 6.54 Å². The van der Waals surface area contributed by atoms with Gasteiger partial charge in [-0.3, -0.25) is 14.9 Å². The molecule has 1 amide bonds. The van der Waals surface area contributed by atoms with Crippen LogP contribution in [-0.4, -0.2) is 46.6 Å². The van der Waals surface area contributed by atoms with E-state index in [-0.39, 0.29) is 12.6 Å². The van der Waals surface area contributed by atoms with Crippen LogP contribution in [0.4, 0.5) is 4.79 Å². The molecule has 1 heterocycles. The predicted molar refractivity (Wildman–Crippen MR) is 84.1 cm³/mol. The SMILES string of the molecule is CC(=O)O.CC(C)(C)OC(=O)NC1CC(CCC(=O)O)CCN1. The van der Waals surface area contributed by atoms with Gasteiger partial charge >= 0.3 is 12.1 Å². The van der Waals surface area contributed by atoms with E-state index in [0.29, 0.717) is 12.3 Å². The standard InChI is InChI=1S/C13H24N2O4.C2H4O2/c1-13(2,3)19-12(18)15-10-8-9(6-7-14-10)4-5-11(16)17;1-2(3)4/h9-10,14H,4-8H2,1-3H3,(H,15,18)(H,16,17);1H3,(H,3,4). The number of piperidine rings is 1. The van der Waals surface area contributed by atoms with Gasteiger partial charge in [0.2, 0.25) is 0 Å². The Bertz CT molecular complexity index is 401. The van der Waals surface area contributed by atoms with Crippen molar-refractivity contribution in [1.82, 2.24) is 10.6 Å². The van der Waals surface area contributed by atoms with Crippen LogP contribution < -0.4 is 10.6 Å². The van der Waals surface area contributed by atoms with Crippen molar-refractivity contribution < 1.29 is 29.3 Å². The number of hydrogen-bond acceptors (Lipinski definition) is 5. The van der Waals surface area contributed by atoms with E-state index in [1.54, 1.807) is 0 Å². The minimum atomic E-state index is -0.833. The molecule has 134 valence electrons. The number of carbonyl (C=O) groups is 3. The predicted octanol–water partition coefficient (Wildman–Crippen LogP) is 1.79. The number of carboxylic acid groups (broad SMARTS) is 2.